The Morgan fingerprint density at radius 1 is 1.04 bits per heavy atom. The molecule has 1 N–H and O–H groups in total. The molecule has 0 saturated heterocycles. The second-order valence-electron chi connectivity index (χ2n) is 7.36. The third kappa shape index (κ3) is 4.41. The van der Waals surface area contributed by atoms with Crippen LogP contribution in [-0.2, 0) is 6.54 Å². The summed E-state index contributed by atoms with van der Waals surface area (Å²) in [5, 5.41) is 3.16. The highest BCUT2D eigenvalue weighted by Crippen LogP contribution is 2.36. The first-order valence-corrected chi connectivity index (χ1v) is 9.26. The molecule has 2 aromatic carbocycles. The Morgan fingerprint density at radius 3 is 2.32 bits per heavy atom. The smallest absolute Gasteiger partial charge is 0.317 e. The van der Waals surface area contributed by atoms with E-state index in [0.29, 0.717) is 18.4 Å². The van der Waals surface area contributed by atoms with E-state index in [-0.39, 0.29) is 12.1 Å². The number of urea groups is 1. The number of carbonyl (C=O) groups excluding carboxylic acids is 1. The van der Waals surface area contributed by atoms with Crippen LogP contribution in [0.2, 0.25) is 0 Å². The molecule has 3 nitrogen and oxygen atoms in total. The minimum atomic E-state index is -0.00338. The second-order valence-corrected chi connectivity index (χ2v) is 7.36. The number of anilines is 1. The van der Waals surface area contributed by atoms with Crippen LogP contribution in [0.4, 0.5) is 10.5 Å². The van der Waals surface area contributed by atoms with E-state index in [9.17, 15) is 4.79 Å². The molecule has 25 heavy (non-hydrogen) atoms. The first-order valence-electron chi connectivity index (χ1n) is 9.26. The van der Waals surface area contributed by atoms with Gasteiger partial charge in [-0.3, -0.25) is 0 Å². The minimum Gasteiger partial charge on any atom is -0.317 e. The Bertz CT molecular complexity index is 707. The summed E-state index contributed by atoms with van der Waals surface area (Å²) in [5.74, 6) is 1.01. The van der Waals surface area contributed by atoms with Crippen molar-refractivity contribution in [3.05, 3.63) is 65.7 Å². The van der Waals surface area contributed by atoms with Crippen LogP contribution < -0.4 is 5.32 Å². The first kappa shape index (κ1) is 17.5. The molecule has 0 bridgehead atoms. The lowest BCUT2D eigenvalue weighted by Crippen LogP contribution is -2.42. The van der Waals surface area contributed by atoms with Crippen LogP contribution in [0.1, 0.15) is 50.7 Å². The van der Waals surface area contributed by atoms with E-state index >= 15 is 0 Å². The zero-order valence-corrected chi connectivity index (χ0v) is 15.4. The SMILES string of the molecule is CC(C)c1ccccc1NC(=O)N(Cc1ccccc1)C(C)C1CC1. The highest BCUT2D eigenvalue weighted by Gasteiger charge is 2.34. The van der Waals surface area contributed by atoms with Crippen LogP contribution in [-0.4, -0.2) is 17.0 Å². The molecule has 1 saturated carbocycles. The third-order valence-corrected chi connectivity index (χ3v) is 5.08. The number of amides is 2. The van der Waals surface area contributed by atoms with Crippen molar-refractivity contribution in [1.29, 1.82) is 0 Å². The van der Waals surface area contributed by atoms with Crippen molar-refractivity contribution in [1.82, 2.24) is 4.90 Å². The van der Waals surface area contributed by atoms with Crippen LogP contribution >= 0.6 is 0 Å². The summed E-state index contributed by atoms with van der Waals surface area (Å²) in [7, 11) is 0. The van der Waals surface area contributed by atoms with Gasteiger partial charge in [-0.1, -0.05) is 62.4 Å². The molecule has 1 aliphatic rings. The molecule has 2 aromatic rings. The average molecular weight is 336 g/mol. The first-order chi connectivity index (χ1) is 12.1. The molecule has 0 heterocycles. The van der Waals surface area contributed by atoms with Gasteiger partial charge in [0.25, 0.3) is 0 Å². The fourth-order valence-corrected chi connectivity index (χ4v) is 3.32. The van der Waals surface area contributed by atoms with Gasteiger partial charge in [0.2, 0.25) is 0 Å². The monoisotopic (exact) mass is 336 g/mol. The maximum absolute atomic E-state index is 13.1. The van der Waals surface area contributed by atoms with Crippen LogP contribution in [0.15, 0.2) is 54.6 Å². The molecule has 2 amide bonds. The summed E-state index contributed by atoms with van der Waals surface area (Å²) in [4.78, 5) is 15.1. The van der Waals surface area contributed by atoms with Crippen LogP contribution in [0.25, 0.3) is 0 Å². The van der Waals surface area contributed by atoms with E-state index in [1.165, 1.54) is 24.0 Å². The molecule has 132 valence electrons. The summed E-state index contributed by atoms with van der Waals surface area (Å²) in [6, 6.07) is 18.6. The lowest BCUT2D eigenvalue weighted by Gasteiger charge is -2.30. The quantitative estimate of drug-likeness (QED) is 0.727. The van der Waals surface area contributed by atoms with Gasteiger partial charge < -0.3 is 10.2 Å². The maximum Gasteiger partial charge on any atom is 0.322 e. The van der Waals surface area contributed by atoms with Crippen molar-refractivity contribution in [3.8, 4) is 0 Å². The zero-order valence-electron chi connectivity index (χ0n) is 15.4. The van der Waals surface area contributed by atoms with Gasteiger partial charge in [-0.05, 0) is 48.8 Å². The molecular formula is C22H28N2O. The molecule has 3 heteroatoms. The topological polar surface area (TPSA) is 32.3 Å². The number of rotatable bonds is 6. The normalized spacial score (nSPS) is 15.0. The fourth-order valence-electron chi connectivity index (χ4n) is 3.32. The van der Waals surface area contributed by atoms with E-state index in [1.807, 2.05) is 41.3 Å². The van der Waals surface area contributed by atoms with Crippen LogP contribution in [0, 0.1) is 5.92 Å². The summed E-state index contributed by atoms with van der Waals surface area (Å²) >= 11 is 0. The second kappa shape index (κ2) is 7.73. The van der Waals surface area contributed by atoms with Gasteiger partial charge in [0.05, 0.1) is 0 Å². The fraction of sp³-hybridized carbons (Fsp3) is 0.409. The van der Waals surface area contributed by atoms with Gasteiger partial charge in [-0.15, -0.1) is 0 Å². The number of carbonyl (C=O) groups is 1. The molecule has 0 aliphatic heterocycles. The van der Waals surface area contributed by atoms with Gasteiger partial charge >= 0.3 is 6.03 Å². The average Bonchev–Trinajstić information content (AvgIpc) is 3.45. The number of nitrogens with zero attached hydrogens (tertiary/aromatic N) is 1. The van der Waals surface area contributed by atoms with Gasteiger partial charge in [0.15, 0.2) is 0 Å². The Hall–Kier alpha value is -2.29. The number of nitrogens with one attached hydrogen (secondary N) is 1. The Balaban J connectivity index is 1.79. The van der Waals surface area contributed by atoms with Gasteiger partial charge in [0.1, 0.15) is 0 Å². The molecule has 3 rings (SSSR count). The van der Waals surface area contributed by atoms with E-state index in [4.69, 9.17) is 0 Å². The summed E-state index contributed by atoms with van der Waals surface area (Å²) < 4.78 is 0. The predicted octanol–water partition coefficient (Wildman–Crippen LogP) is 5.64. The number of hydrogen-bond acceptors (Lipinski definition) is 1. The molecule has 1 unspecified atom stereocenters. The highest BCUT2D eigenvalue weighted by atomic mass is 16.2. The third-order valence-electron chi connectivity index (χ3n) is 5.08. The number of para-hydroxylation sites is 1. The molecular weight excluding hydrogens is 308 g/mol. The van der Waals surface area contributed by atoms with E-state index < -0.39 is 0 Å². The van der Waals surface area contributed by atoms with Crippen molar-refractivity contribution in [2.75, 3.05) is 5.32 Å². The van der Waals surface area contributed by atoms with Gasteiger partial charge in [-0.2, -0.15) is 0 Å². The Labute approximate surface area is 151 Å². The number of hydrogen-bond donors (Lipinski definition) is 1. The number of benzene rings is 2. The van der Waals surface area contributed by atoms with Crippen LogP contribution in [0.5, 0.6) is 0 Å². The summed E-state index contributed by atoms with van der Waals surface area (Å²) in [6.45, 7) is 7.13. The van der Waals surface area contributed by atoms with Crippen LogP contribution in [0.3, 0.4) is 0 Å². The molecule has 0 radical (unpaired) electrons. The maximum atomic E-state index is 13.1. The summed E-state index contributed by atoms with van der Waals surface area (Å²) in [5.41, 5.74) is 3.26. The van der Waals surface area contributed by atoms with E-state index in [1.54, 1.807) is 0 Å². The van der Waals surface area contributed by atoms with Crippen molar-refractivity contribution in [2.45, 2.75) is 52.1 Å². The predicted molar refractivity (Wildman–Crippen MR) is 104 cm³/mol. The van der Waals surface area contributed by atoms with Gasteiger partial charge in [-0.25, -0.2) is 4.79 Å². The van der Waals surface area contributed by atoms with Gasteiger partial charge in [0, 0.05) is 18.3 Å². The molecule has 1 atom stereocenters. The lowest BCUT2D eigenvalue weighted by molar-refractivity contribution is 0.180. The van der Waals surface area contributed by atoms with Crippen molar-refractivity contribution in [3.63, 3.8) is 0 Å². The molecule has 0 spiro atoms. The van der Waals surface area contributed by atoms with Crippen molar-refractivity contribution >= 4 is 11.7 Å². The zero-order chi connectivity index (χ0) is 17.8. The minimum absolute atomic E-state index is 0.00338. The largest absolute Gasteiger partial charge is 0.322 e. The molecule has 1 fully saturated rings. The Kier molecular flexibility index (Phi) is 5.42. The van der Waals surface area contributed by atoms with E-state index in [2.05, 4.69) is 44.3 Å². The van der Waals surface area contributed by atoms with E-state index in [0.717, 1.165) is 5.69 Å². The van der Waals surface area contributed by atoms with Crippen molar-refractivity contribution < 1.29 is 4.79 Å². The Morgan fingerprint density at radius 2 is 1.68 bits per heavy atom. The lowest BCUT2D eigenvalue weighted by atomic mass is 10.0. The molecule has 1 aliphatic carbocycles. The highest BCUT2D eigenvalue weighted by molar-refractivity contribution is 5.90. The van der Waals surface area contributed by atoms with Crippen molar-refractivity contribution in [2.24, 2.45) is 5.92 Å². The summed E-state index contributed by atoms with van der Waals surface area (Å²) in [6.07, 6.45) is 2.45. The molecule has 0 aromatic heterocycles. The standard InChI is InChI=1S/C22H28N2O/c1-16(2)20-11-7-8-12-21(20)23-22(25)24(17(3)19-13-14-19)15-18-9-5-4-6-10-18/h4-12,16-17,19H,13-15H2,1-3H3,(H,23,25).